The lowest BCUT2D eigenvalue weighted by Crippen LogP contribution is -2.63. The number of rotatable bonds is 0. The average Bonchev–Trinajstić information content (AvgIpc) is 2.30. The lowest BCUT2D eigenvalue weighted by atomic mass is 9.73. The molecule has 0 aromatic heterocycles. The number of carbonyl (C=O) groups excluding carboxylic acids is 2. The Hall–Kier alpha value is -1.58. The minimum atomic E-state index is -0.224. The molecule has 5 heterocycles. The van der Waals surface area contributed by atoms with Gasteiger partial charge in [0.25, 0.3) is 0 Å². The third-order valence-corrected chi connectivity index (χ3v) is 4.60. The van der Waals surface area contributed by atoms with Crippen LogP contribution in [0.2, 0.25) is 0 Å². The Kier molecular flexibility index (Phi) is 2.22. The highest BCUT2D eigenvalue weighted by Gasteiger charge is 2.50. The molecule has 4 bridgehead atoms. The molecule has 4 atom stereocenters. The Bertz CT molecular complexity index is 460. The molecular weight excluding hydrogens is 228 g/mol. The van der Waals surface area contributed by atoms with Crippen LogP contribution in [0, 0.1) is 11.8 Å². The lowest BCUT2D eigenvalue weighted by molar-refractivity contribution is -0.149. The van der Waals surface area contributed by atoms with Crippen LogP contribution in [0.15, 0.2) is 23.3 Å². The van der Waals surface area contributed by atoms with Crippen LogP contribution in [-0.2, 0) is 9.59 Å². The Morgan fingerprint density at radius 2 is 1.17 bits per heavy atom. The van der Waals surface area contributed by atoms with E-state index in [2.05, 4.69) is 12.2 Å². The molecule has 0 spiro atoms. The topological polar surface area (TPSA) is 40.6 Å². The average molecular weight is 246 g/mol. The molecule has 4 nitrogen and oxygen atoms in total. The maximum absolute atomic E-state index is 12.4. The second-order valence-corrected chi connectivity index (χ2v) is 5.66. The van der Waals surface area contributed by atoms with E-state index in [1.54, 1.807) is 9.80 Å². The predicted octanol–water partition coefficient (Wildman–Crippen LogP) is 0.806. The molecule has 0 aromatic carbocycles. The van der Waals surface area contributed by atoms with E-state index in [0.717, 1.165) is 11.1 Å². The zero-order valence-corrected chi connectivity index (χ0v) is 11.2. The van der Waals surface area contributed by atoms with Crippen molar-refractivity contribution in [3.63, 3.8) is 0 Å². The normalized spacial score (nSPS) is 38.7. The number of amides is 2. The van der Waals surface area contributed by atoms with Gasteiger partial charge in [-0.05, 0) is 13.8 Å². The number of likely N-dealkylation sites (N-methyl/N-ethyl adjacent to an activating group) is 2. The minimum Gasteiger partial charge on any atom is -0.337 e. The third-order valence-electron chi connectivity index (χ3n) is 4.60. The Labute approximate surface area is 107 Å². The van der Waals surface area contributed by atoms with E-state index in [1.165, 1.54) is 0 Å². The molecule has 6 rings (SSSR count). The maximum Gasteiger partial charge on any atom is 0.232 e. The first-order valence-corrected chi connectivity index (χ1v) is 6.33. The minimum absolute atomic E-state index is 0.111. The smallest absolute Gasteiger partial charge is 0.232 e. The summed E-state index contributed by atoms with van der Waals surface area (Å²) in [5.74, 6) is -0.185. The Morgan fingerprint density at radius 3 is 1.50 bits per heavy atom. The fraction of sp³-hybridized carbons (Fsp3) is 0.571. The standard InChI is InChI=1S/C14H18N2O2/c1-7-5-9-12-8(2)6-10(14(18)16(12)4)11(7)15(3)13(9)17/h5-6,9-12H,1-4H3/t9-,10+,11-,12+. The van der Waals surface area contributed by atoms with Crippen molar-refractivity contribution in [2.24, 2.45) is 11.8 Å². The quantitative estimate of drug-likeness (QED) is 0.593. The monoisotopic (exact) mass is 246 g/mol. The number of hydrogen-bond acceptors (Lipinski definition) is 2. The molecule has 96 valence electrons. The highest BCUT2D eigenvalue weighted by atomic mass is 16.2. The van der Waals surface area contributed by atoms with E-state index in [-0.39, 0.29) is 35.7 Å². The van der Waals surface area contributed by atoms with Crippen molar-refractivity contribution in [3.8, 4) is 0 Å². The van der Waals surface area contributed by atoms with E-state index in [9.17, 15) is 9.59 Å². The summed E-state index contributed by atoms with van der Waals surface area (Å²) in [5.41, 5.74) is 2.28. The molecular formula is C14H18N2O2. The summed E-state index contributed by atoms with van der Waals surface area (Å²) >= 11 is 0. The largest absolute Gasteiger partial charge is 0.337 e. The first kappa shape index (κ1) is 11.5. The van der Waals surface area contributed by atoms with E-state index in [1.807, 2.05) is 27.9 Å². The highest BCUT2D eigenvalue weighted by molar-refractivity contribution is 5.92. The van der Waals surface area contributed by atoms with Gasteiger partial charge in [-0.2, -0.15) is 0 Å². The zero-order valence-electron chi connectivity index (χ0n) is 11.2. The second-order valence-electron chi connectivity index (χ2n) is 5.66. The van der Waals surface area contributed by atoms with Crippen molar-refractivity contribution >= 4 is 11.8 Å². The lowest BCUT2D eigenvalue weighted by Gasteiger charge is -2.50. The molecule has 5 aliphatic heterocycles. The molecule has 0 N–H and O–H groups in total. The van der Waals surface area contributed by atoms with Crippen LogP contribution in [0.3, 0.4) is 0 Å². The third kappa shape index (κ3) is 1.21. The van der Waals surface area contributed by atoms with Crippen LogP contribution in [0.25, 0.3) is 0 Å². The summed E-state index contributed by atoms with van der Waals surface area (Å²) in [6, 6.07) is -0.222. The first-order valence-electron chi connectivity index (χ1n) is 6.33. The number of carbonyl (C=O) groups is 2. The van der Waals surface area contributed by atoms with Crippen molar-refractivity contribution in [1.82, 2.24) is 9.80 Å². The van der Waals surface area contributed by atoms with Gasteiger partial charge in [-0.1, -0.05) is 23.3 Å². The van der Waals surface area contributed by atoms with Gasteiger partial charge in [-0.25, -0.2) is 0 Å². The van der Waals surface area contributed by atoms with Gasteiger partial charge in [0.1, 0.15) is 0 Å². The Balaban J connectivity index is 2.25. The molecule has 0 aromatic rings. The van der Waals surface area contributed by atoms with Gasteiger partial charge < -0.3 is 9.80 Å². The van der Waals surface area contributed by atoms with E-state index >= 15 is 0 Å². The molecule has 0 saturated carbocycles. The van der Waals surface area contributed by atoms with Gasteiger partial charge in [-0.3, -0.25) is 9.59 Å². The fourth-order valence-electron chi connectivity index (χ4n) is 3.76. The molecule has 1 saturated heterocycles. The van der Waals surface area contributed by atoms with Crippen molar-refractivity contribution in [1.29, 1.82) is 0 Å². The van der Waals surface area contributed by atoms with Gasteiger partial charge in [0.2, 0.25) is 11.8 Å². The van der Waals surface area contributed by atoms with E-state index in [0.29, 0.717) is 0 Å². The van der Waals surface area contributed by atoms with E-state index in [4.69, 9.17) is 0 Å². The van der Waals surface area contributed by atoms with Crippen molar-refractivity contribution in [2.45, 2.75) is 25.9 Å². The van der Waals surface area contributed by atoms with Gasteiger partial charge in [0.15, 0.2) is 0 Å². The van der Waals surface area contributed by atoms with Crippen LogP contribution in [0.5, 0.6) is 0 Å². The van der Waals surface area contributed by atoms with Crippen LogP contribution in [0.4, 0.5) is 0 Å². The predicted molar refractivity (Wildman–Crippen MR) is 67.6 cm³/mol. The summed E-state index contributed by atoms with van der Waals surface area (Å²) in [6.45, 7) is 4.05. The zero-order chi connectivity index (χ0) is 13.2. The second kappa shape index (κ2) is 3.46. The molecule has 0 radical (unpaired) electrons. The molecule has 1 fully saturated rings. The van der Waals surface area contributed by atoms with Crippen molar-refractivity contribution in [3.05, 3.63) is 23.3 Å². The Morgan fingerprint density at radius 1 is 0.833 bits per heavy atom. The summed E-state index contributed by atoms with van der Waals surface area (Å²) in [6.07, 6.45) is 4.12. The molecule has 18 heavy (non-hydrogen) atoms. The van der Waals surface area contributed by atoms with Gasteiger partial charge in [-0.15, -0.1) is 0 Å². The van der Waals surface area contributed by atoms with Crippen molar-refractivity contribution in [2.75, 3.05) is 14.1 Å². The summed E-state index contributed by atoms with van der Waals surface area (Å²) in [5, 5.41) is 0. The van der Waals surface area contributed by atoms with Crippen LogP contribution in [0.1, 0.15) is 13.8 Å². The van der Waals surface area contributed by atoms with Crippen LogP contribution in [-0.4, -0.2) is 47.8 Å². The van der Waals surface area contributed by atoms with Gasteiger partial charge >= 0.3 is 0 Å². The molecule has 0 unspecified atom stereocenters. The molecule has 1 aliphatic carbocycles. The summed E-state index contributed by atoms with van der Waals surface area (Å²) in [4.78, 5) is 28.3. The van der Waals surface area contributed by atoms with Gasteiger partial charge in [0, 0.05) is 14.1 Å². The number of hydrogen-bond donors (Lipinski definition) is 0. The van der Waals surface area contributed by atoms with Crippen LogP contribution >= 0.6 is 0 Å². The fourth-order valence-corrected chi connectivity index (χ4v) is 3.76. The maximum atomic E-state index is 12.4. The molecule has 4 heteroatoms. The van der Waals surface area contributed by atoms with Crippen LogP contribution < -0.4 is 0 Å². The highest BCUT2D eigenvalue weighted by Crippen LogP contribution is 2.40. The van der Waals surface area contributed by atoms with Gasteiger partial charge in [0.05, 0.1) is 23.9 Å². The van der Waals surface area contributed by atoms with Crippen molar-refractivity contribution < 1.29 is 9.59 Å². The molecule has 2 amide bonds. The summed E-state index contributed by atoms with van der Waals surface area (Å²) < 4.78 is 0. The SMILES string of the molecule is CC1=C[C@H]2C(=O)N(C)[C@H]1[C@@H]1C=C(C)[C@@H]2N(C)C1=O. The summed E-state index contributed by atoms with van der Waals surface area (Å²) in [7, 11) is 3.63. The number of nitrogens with zero attached hydrogens (tertiary/aromatic N) is 2. The first-order chi connectivity index (χ1) is 8.43. The molecule has 6 aliphatic rings. The van der Waals surface area contributed by atoms with E-state index < -0.39 is 0 Å².